The van der Waals surface area contributed by atoms with E-state index in [1.807, 2.05) is 26.0 Å². The normalized spacial score (nSPS) is 12.5. The summed E-state index contributed by atoms with van der Waals surface area (Å²) < 4.78 is 32.9. The van der Waals surface area contributed by atoms with Gasteiger partial charge in [0.25, 0.3) is 0 Å². The summed E-state index contributed by atoms with van der Waals surface area (Å²) in [6.07, 6.45) is 0. The molecule has 0 saturated heterocycles. The first-order valence-electron chi connectivity index (χ1n) is 8.19. The summed E-state index contributed by atoms with van der Waals surface area (Å²) in [5.74, 6) is -0.209. The minimum atomic E-state index is -3.92. The first-order valence-corrected chi connectivity index (χ1v) is 9.68. The Kier molecular flexibility index (Phi) is 6.05. The zero-order chi connectivity index (χ0) is 19.5. The second-order valence-electron chi connectivity index (χ2n) is 6.23. The minimum absolute atomic E-state index is 0.00591. The Morgan fingerprint density at radius 3 is 2.46 bits per heavy atom. The third-order valence-electron chi connectivity index (χ3n) is 4.20. The molecule has 1 amide bonds. The van der Waals surface area contributed by atoms with Gasteiger partial charge in [0.2, 0.25) is 15.9 Å². The van der Waals surface area contributed by atoms with Crippen LogP contribution in [-0.4, -0.2) is 27.5 Å². The molecule has 0 fully saturated rings. The third-order valence-corrected chi connectivity index (χ3v) is 5.76. The van der Waals surface area contributed by atoms with Crippen LogP contribution in [0.4, 0.5) is 5.69 Å². The molecule has 2 rings (SSSR count). The topological polar surface area (TPSA) is 84.5 Å². The van der Waals surface area contributed by atoms with Crippen molar-refractivity contribution in [1.29, 1.82) is 0 Å². The molecule has 0 aromatic heterocycles. The van der Waals surface area contributed by atoms with Crippen LogP contribution < -0.4 is 14.8 Å². The number of rotatable bonds is 6. The number of methoxy groups -OCH3 is 1. The van der Waals surface area contributed by atoms with Crippen molar-refractivity contribution < 1.29 is 17.9 Å². The van der Waals surface area contributed by atoms with E-state index in [2.05, 4.69) is 10.0 Å². The van der Waals surface area contributed by atoms with Gasteiger partial charge in [0.1, 0.15) is 10.6 Å². The summed E-state index contributed by atoms with van der Waals surface area (Å²) in [7, 11) is -2.51. The Hall–Kier alpha value is -2.38. The predicted molar refractivity (Wildman–Crippen MR) is 102 cm³/mol. The first-order chi connectivity index (χ1) is 12.2. The van der Waals surface area contributed by atoms with Crippen molar-refractivity contribution >= 4 is 21.6 Å². The SMILES string of the molecule is COc1ccc(C)cc1S(=O)(=O)N[C@@H](C)C(=O)Nc1cccc(C)c1C. The van der Waals surface area contributed by atoms with Gasteiger partial charge in [-0.05, 0) is 62.6 Å². The summed E-state index contributed by atoms with van der Waals surface area (Å²) in [6.45, 7) is 7.13. The smallest absolute Gasteiger partial charge is 0.244 e. The molecule has 26 heavy (non-hydrogen) atoms. The van der Waals surface area contributed by atoms with Crippen LogP contribution in [-0.2, 0) is 14.8 Å². The number of carbonyl (C=O) groups excluding carboxylic acids is 1. The van der Waals surface area contributed by atoms with E-state index in [-0.39, 0.29) is 10.6 Å². The number of sulfonamides is 1. The van der Waals surface area contributed by atoms with Gasteiger partial charge in [-0.15, -0.1) is 0 Å². The predicted octanol–water partition coefficient (Wildman–Crippen LogP) is 2.93. The van der Waals surface area contributed by atoms with Crippen molar-refractivity contribution in [2.45, 2.75) is 38.6 Å². The Balaban J connectivity index is 2.20. The van der Waals surface area contributed by atoms with E-state index in [9.17, 15) is 13.2 Å². The number of hydrogen-bond donors (Lipinski definition) is 2. The van der Waals surface area contributed by atoms with E-state index in [1.54, 1.807) is 25.1 Å². The second-order valence-corrected chi connectivity index (χ2v) is 7.92. The molecular weight excluding hydrogens is 352 g/mol. The molecule has 0 unspecified atom stereocenters. The van der Waals surface area contributed by atoms with Gasteiger partial charge in [0.15, 0.2) is 0 Å². The van der Waals surface area contributed by atoms with Gasteiger partial charge in [-0.25, -0.2) is 8.42 Å². The highest BCUT2D eigenvalue weighted by atomic mass is 32.2. The molecule has 0 radical (unpaired) electrons. The lowest BCUT2D eigenvalue weighted by atomic mass is 10.1. The maximum atomic E-state index is 12.7. The van der Waals surface area contributed by atoms with Crippen molar-refractivity contribution in [1.82, 2.24) is 4.72 Å². The van der Waals surface area contributed by atoms with Crippen LogP contribution in [0.3, 0.4) is 0 Å². The molecule has 0 heterocycles. The van der Waals surface area contributed by atoms with E-state index in [0.717, 1.165) is 16.7 Å². The van der Waals surface area contributed by atoms with E-state index in [0.29, 0.717) is 5.69 Å². The molecule has 6 nitrogen and oxygen atoms in total. The van der Waals surface area contributed by atoms with Gasteiger partial charge in [0.05, 0.1) is 13.2 Å². The third kappa shape index (κ3) is 4.42. The maximum Gasteiger partial charge on any atom is 0.244 e. The molecule has 0 spiro atoms. The van der Waals surface area contributed by atoms with Crippen LogP contribution in [0.5, 0.6) is 5.75 Å². The number of carbonyl (C=O) groups is 1. The Labute approximate surface area is 154 Å². The maximum absolute atomic E-state index is 12.7. The number of nitrogens with one attached hydrogen (secondary N) is 2. The molecule has 2 aromatic carbocycles. The summed E-state index contributed by atoms with van der Waals surface area (Å²) in [6, 6.07) is 9.47. The zero-order valence-electron chi connectivity index (χ0n) is 15.6. The minimum Gasteiger partial charge on any atom is -0.495 e. The lowest BCUT2D eigenvalue weighted by molar-refractivity contribution is -0.117. The first kappa shape index (κ1) is 19.9. The quantitative estimate of drug-likeness (QED) is 0.812. The number of ether oxygens (including phenoxy) is 1. The lowest BCUT2D eigenvalue weighted by Gasteiger charge is -2.17. The second kappa shape index (κ2) is 7.88. The molecule has 0 aliphatic heterocycles. The fourth-order valence-electron chi connectivity index (χ4n) is 2.47. The van der Waals surface area contributed by atoms with E-state index >= 15 is 0 Å². The van der Waals surface area contributed by atoms with Gasteiger partial charge < -0.3 is 10.1 Å². The average molecular weight is 376 g/mol. The van der Waals surface area contributed by atoms with Crippen molar-refractivity contribution in [2.24, 2.45) is 0 Å². The fraction of sp³-hybridized carbons (Fsp3) is 0.316. The van der Waals surface area contributed by atoms with Gasteiger partial charge in [-0.2, -0.15) is 4.72 Å². The highest BCUT2D eigenvalue weighted by Crippen LogP contribution is 2.25. The largest absolute Gasteiger partial charge is 0.495 e. The molecule has 7 heteroatoms. The molecular formula is C19H24N2O4S. The molecule has 0 aliphatic rings. The Morgan fingerprint density at radius 1 is 1.12 bits per heavy atom. The van der Waals surface area contributed by atoms with Crippen LogP contribution in [0.1, 0.15) is 23.6 Å². The monoisotopic (exact) mass is 376 g/mol. The summed E-state index contributed by atoms with van der Waals surface area (Å²) in [5.41, 5.74) is 3.42. The average Bonchev–Trinajstić information content (AvgIpc) is 2.58. The van der Waals surface area contributed by atoms with Crippen LogP contribution in [0.15, 0.2) is 41.3 Å². The van der Waals surface area contributed by atoms with Crippen LogP contribution >= 0.6 is 0 Å². The van der Waals surface area contributed by atoms with Gasteiger partial charge in [-0.1, -0.05) is 18.2 Å². The van der Waals surface area contributed by atoms with Crippen molar-refractivity contribution in [2.75, 3.05) is 12.4 Å². The molecule has 0 saturated carbocycles. The lowest BCUT2D eigenvalue weighted by Crippen LogP contribution is -2.41. The zero-order valence-corrected chi connectivity index (χ0v) is 16.4. The number of aryl methyl sites for hydroxylation is 2. The van der Waals surface area contributed by atoms with Crippen LogP contribution in [0, 0.1) is 20.8 Å². The highest BCUT2D eigenvalue weighted by molar-refractivity contribution is 7.89. The molecule has 0 aliphatic carbocycles. The number of amides is 1. The number of anilines is 1. The van der Waals surface area contributed by atoms with E-state index in [1.165, 1.54) is 20.1 Å². The number of benzene rings is 2. The molecule has 140 valence electrons. The summed E-state index contributed by atoms with van der Waals surface area (Å²) >= 11 is 0. The van der Waals surface area contributed by atoms with Crippen LogP contribution in [0.2, 0.25) is 0 Å². The molecule has 2 N–H and O–H groups in total. The molecule has 0 bridgehead atoms. The molecule has 1 atom stereocenters. The standard InChI is InChI=1S/C19H24N2O4S/c1-12-9-10-17(25-5)18(11-12)26(23,24)21-15(4)19(22)20-16-8-6-7-13(2)14(16)3/h6-11,15,21H,1-5H3,(H,20,22)/t15-/m0/s1. The van der Waals surface area contributed by atoms with E-state index in [4.69, 9.17) is 4.74 Å². The number of hydrogen-bond acceptors (Lipinski definition) is 4. The van der Waals surface area contributed by atoms with Gasteiger partial charge in [-0.3, -0.25) is 4.79 Å². The van der Waals surface area contributed by atoms with Crippen molar-refractivity contribution in [3.63, 3.8) is 0 Å². The Morgan fingerprint density at radius 2 is 1.81 bits per heavy atom. The molecule has 2 aromatic rings. The summed E-state index contributed by atoms with van der Waals surface area (Å²) in [5, 5.41) is 2.77. The highest BCUT2D eigenvalue weighted by Gasteiger charge is 2.25. The van der Waals surface area contributed by atoms with Crippen LogP contribution in [0.25, 0.3) is 0 Å². The van der Waals surface area contributed by atoms with Crippen molar-refractivity contribution in [3.8, 4) is 5.75 Å². The van der Waals surface area contributed by atoms with Gasteiger partial charge >= 0.3 is 0 Å². The van der Waals surface area contributed by atoms with Crippen molar-refractivity contribution in [3.05, 3.63) is 53.1 Å². The summed E-state index contributed by atoms with van der Waals surface area (Å²) in [4.78, 5) is 12.4. The van der Waals surface area contributed by atoms with E-state index < -0.39 is 22.0 Å². The Bertz CT molecular complexity index is 923. The van der Waals surface area contributed by atoms with Gasteiger partial charge in [0, 0.05) is 5.69 Å². The fourth-order valence-corrected chi connectivity index (χ4v) is 3.93.